The van der Waals surface area contributed by atoms with Gasteiger partial charge in [0.1, 0.15) is 5.82 Å². The van der Waals surface area contributed by atoms with Crippen molar-refractivity contribution >= 4 is 5.91 Å². The molecule has 0 saturated carbocycles. The highest BCUT2D eigenvalue weighted by atomic mass is 19.1. The Balaban J connectivity index is 2.08. The topological polar surface area (TPSA) is 41.1 Å². The zero-order valence-electron chi connectivity index (χ0n) is 10.8. The summed E-state index contributed by atoms with van der Waals surface area (Å²) in [7, 11) is 0. The molecule has 2 rings (SSSR count). The summed E-state index contributed by atoms with van der Waals surface area (Å²) in [6.07, 6.45) is 0.964. The van der Waals surface area contributed by atoms with Crippen LogP contribution in [0.15, 0.2) is 24.3 Å². The molecule has 0 bridgehead atoms. The summed E-state index contributed by atoms with van der Waals surface area (Å²) in [6, 6.07) is 6.32. The van der Waals surface area contributed by atoms with Crippen LogP contribution in [0.3, 0.4) is 0 Å². The van der Waals surface area contributed by atoms with Crippen LogP contribution in [-0.4, -0.2) is 25.0 Å². The second kappa shape index (κ2) is 5.06. The fourth-order valence-corrected chi connectivity index (χ4v) is 2.14. The lowest BCUT2D eigenvalue weighted by molar-refractivity contribution is -0.126. The summed E-state index contributed by atoms with van der Waals surface area (Å²) in [5.41, 5.74) is 0.184. The van der Waals surface area contributed by atoms with Gasteiger partial charge in [-0.1, -0.05) is 12.1 Å². The van der Waals surface area contributed by atoms with Gasteiger partial charge in [0.15, 0.2) is 0 Å². The van der Waals surface area contributed by atoms with Crippen LogP contribution in [0, 0.1) is 5.82 Å². The maximum atomic E-state index is 12.9. The quantitative estimate of drug-likeness (QED) is 0.855. The van der Waals surface area contributed by atoms with E-state index in [0.717, 1.165) is 25.1 Å². The molecule has 1 fully saturated rings. The van der Waals surface area contributed by atoms with Crippen molar-refractivity contribution in [2.24, 2.45) is 0 Å². The number of nitrogens with one attached hydrogen (secondary N) is 2. The minimum atomic E-state index is -0.643. The zero-order valence-corrected chi connectivity index (χ0v) is 10.8. The third-order valence-electron chi connectivity index (χ3n) is 3.53. The van der Waals surface area contributed by atoms with Crippen molar-refractivity contribution in [3.63, 3.8) is 0 Å². The number of halogens is 1. The number of hydrogen-bond donors (Lipinski definition) is 2. The van der Waals surface area contributed by atoms with Gasteiger partial charge in [-0.05, 0) is 44.5 Å². The Morgan fingerprint density at radius 3 is 2.61 bits per heavy atom. The highest BCUT2D eigenvalue weighted by Crippen LogP contribution is 2.24. The molecule has 1 aliphatic heterocycles. The van der Waals surface area contributed by atoms with Crippen LogP contribution in [0.2, 0.25) is 0 Å². The molecule has 1 aliphatic rings. The largest absolute Gasteiger partial charge is 0.351 e. The first kappa shape index (κ1) is 13.0. The van der Waals surface area contributed by atoms with E-state index < -0.39 is 5.41 Å². The van der Waals surface area contributed by atoms with Crippen LogP contribution in [0.25, 0.3) is 0 Å². The minimum Gasteiger partial charge on any atom is -0.351 e. The third kappa shape index (κ3) is 2.70. The number of carbonyl (C=O) groups is 1. The normalized spacial score (nSPS) is 19.8. The van der Waals surface area contributed by atoms with Gasteiger partial charge in [0.05, 0.1) is 5.41 Å². The Labute approximate surface area is 107 Å². The Morgan fingerprint density at radius 1 is 1.39 bits per heavy atom. The summed E-state index contributed by atoms with van der Waals surface area (Å²) in [6.45, 7) is 5.49. The van der Waals surface area contributed by atoms with Crippen molar-refractivity contribution in [1.29, 1.82) is 0 Å². The van der Waals surface area contributed by atoms with Crippen molar-refractivity contribution < 1.29 is 9.18 Å². The Bertz CT molecular complexity index is 422. The zero-order chi connectivity index (χ0) is 13.2. The molecular weight excluding hydrogens is 231 g/mol. The molecule has 2 N–H and O–H groups in total. The van der Waals surface area contributed by atoms with Gasteiger partial charge >= 0.3 is 0 Å². The maximum Gasteiger partial charge on any atom is 0.230 e. The highest BCUT2D eigenvalue weighted by Gasteiger charge is 2.31. The molecule has 4 heteroatoms. The first-order chi connectivity index (χ1) is 8.50. The average Bonchev–Trinajstić information content (AvgIpc) is 2.82. The third-order valence-corrected chi connectivity index (χ3v) is 3.53. The van der Waals surface area contributed by atoms with Crippen LogP contribution < -0.4 is 10.6 Å². The van der Waals surface area contributed by atoms with Crippen LogP contribution in [0.4, 0.5) is 4.39 Å². The number of amides is 1. The van der Waals surface area contributed by atoms with E-state index in [9.17, 15) is 9.18 Å². The van der Waals surface area contributed by atoms with E-state index in [4.69, 9.17) is 0 Å². The first-order valence-corrected chi connectivity index (χ1v) is 6.28. The molecule has 1 unspecified atom stereocenters. The summed E-state index contributed by atoms with van der Waals surface area (Å²) < 4.78 is 12.9. The smallest absolute Gasteiger partial charge is 0.230 e. The van der Waals surface area contributed by atoms with E-state index >= 15 is 0 Å². The molecule has 0 spiro atoms. The van der Waals surface area contributed by atoms with E-state index in [0.29, 0.717) is 0 Å². The van der Waals surface area contributed by atoms with Gasteiger partial charge in [-0.15, -0.1) is 0 Å². The lowest BCUT2D eigenvalue weighted by Crippen LogP contribution is -2.45. The van der Waals surface area contributed by atoms with Gasteiger partial charge < -0.3 is 10.6 Å². The highest BCUT2D eigenvalue weighted by molar-refractivity contribution is 5.87. The molecular formula is C14H19FN2O. The number of benzene rings is 1. The van der Waals surface area contributed by atoms with Crippen molar-refractivity contribution in [1.82, 2.24) is 10.6 Å². The molecule has 0 aliphatic carbocycles. The van der Waals surface area contributed by atoms with E-state index in [-0.39, 0.29) is 17.8 Å². The molecule has 1 amide bonds. The van der Waals surface area contributed by atoms with Gasteiger partial charge in [0.2, 0.25) is 5.91 Å². The summed E-state index contributed by atoms with van der Waals surface area (Å²) in [4.78, 5) is 12.3. The van der Waals surface area contributed by atoms with Crippen molar-refractivity contribution in [3.8, 4) is 0 Å². The van der Waals surface area contributed by atoms with Gasteiger partial charge in [0, 0.05) is 12.6 Å². The van der Waals surface area contributed by atoms with E-state index in [1.807, 2.05) is 13.8 Å². The lowest BCUT2D eigenvalue weighted by atomic mass is 9.83. The first-order valence-electron chi connectivity index (χ1n) is 6.28. The minimum absolute atomic E-state index is 0.0113. The SMILES string of the molecule is CC(C)(C(=O)NC1CCNC1)c1ccc(F)cc1. The molecule has 3 nitrogen and oxygen atoms in total. The molecule has 0 radical (unpaired) electrons. The van der Waals surface area contributed by atoms with Crippen LogP contribution in [0.5, 0.6) is 0 Å². The molecule has 1 atom stereocenters. The monoisotopic (exact) mass is 250 g/mol. The fourth-order valence-electron chi connectivity index (χ4n) is 2.14. The molecule has 18 heavy (non-hydrogen) atoms. The Kier molecular flexibility index (Phi) is 3.66. The number of hydrogen-bond acceptors (Lipinski definition) is 2. The second-order valence-electron chi connectivity index (χ2n) is 5.30. The van der Waals surface area contributed by atoms with Crippen LogP contribution in [0.1, 0.15) is 25.8 Å². The van der Waals surface area contributed by atoms with Crippen molar-refractivity contribution in [2.75, 3.05) is 13.1 Å². The fraction of sp³-hybridized carbons (Fsp3) is 0.500. The van der Waals surface area contributed by atoms with Gasteiger partial charge in [-0.25, -0.2) is 4.39 Å². The van der Waals surface area contributed by atoms with E-state index in [2.05, 4.69) is 10.6 Å². The number of carbonyl (C=O) groups excluding carboxylic acids is 1. The predicted molar refractivity (Wildman–Crippen MR) is 68.8 cm³/mol. The Morgan fingerprint density at radius 2 is 2.06 bits per heavy atom. The number of rotatable bonds is 3. The molecule has 0 aromatic heterocycles. The van der Waals surface area contributed by atoms with Crippen molar-refractivity contribution in [3.05, 3.63) is 35.6 Å². The summed E-state index contributed by atoms with van der Waals surface area (Å²) in [5, 5.41) is 6.25. The maximum absolute atomic E-state index is 12.9. The molecule has 98 valence electrons. The van der Waals surface area contributed by atoms with Gasteiger partial charge in [0.25, 0.3) is 0 Å². The van der Waals surface area contributed by atoms with Gasteiger partial charge in [-0.3, -0.25) is 4.79 Å². The second-order valence-corrected chi connectivity index (χ2v) is 5.30. The molecule has 1 saturated heterocycles. The standard InChI is InChI=1S/C14H19FN2O/c1-14(2,10-3-5-11(15)6-4-10)13(18)17-12-7-8-16-9-12/h3-6,12,16H,7-9H2,1-2H3,(H,17,18). The predicted octanol–water partition coefficient (Wildman–Crippen LogP) is 1.58. The molecule has 1 aromatic carbocycles. The van der Waals surface area contributed by atoms with Crippen LogP contribution in [-0.2, 0) is 10.2 Å². The average molecular weight is 250 g/mol. The lowest BCUT2D eigenvalue weighted by Gasteiger charge is -2.26. The van der Waals surface area contributed by atoms with E-state index in [1.54, 1.807) is 12.1 Å². The van der Waals surface area contributed by atoms with Crippen molar-refractivity contribution in [2.45, 2.75) is 31.7 Å². The summed E-state index contributed by atoms with van der Waals surface area (Å²) >= 11 is 0. The molecule has 1 heterocycles. The van der Waals surface area contributed by atoms with E-state index in [1.165, 1.54) is 12.1 Å². The molecule has 1 aromatic rings. The summed E-state index contributed by atoms with van der Waals surface area (Å²) in [5.74, 6) is -0.294. The van der Waals surface area contributed by atoms with Gasteiger partial charge in [-0.2, -0.15) is 0 Å². The van der Waals surface area contributed by atoms with Crippen LogP contribution >= 0.6 is 0 Å². The Hall–Kier alpha value is -1.42.